The molecule has 1 heterocycles. The lowest BCUT2D eigenvalue weighted by Gasteiger charge is -2.41. The van der Waals surface area contributed by atoms with Crippen LogP contribution in [0.1, 0.15) is 36.8 Å². The molecule has 43 heavy (non-hydrogen) atoms. The number of fused-ring (bicyclic) bond motifs is 1. The van der Waals surface area contributed by atoms with E-state index in [0.29, 0.717) is 6.61 Å². The molecule has 0 spiro atoms. The molecule has 0 radical (unpaired) electrons. The first kappa shape index (κ1) is 32.7. The molecule has 4 rings (SSSR count). The molecule has 1 aliphatic rings. The SMILES string of the molecule is COc1ccc(CCN(C)CCCCOc2ccc(C3(CCCN(C)C)Sc4ccccc4N(C)C3=O)cc2)cc1OC. The van der Waals surface area contributed by atoms with E-state index in [1.807, 2.05) is 48.3 Å². The molecule has 1 aliphatic heterocycles. The first-order valence-electron chi connectivity index (χ1n) is 15.1. The molecule has 7 nitrogen and oxygen atoms in total. The van der Waals surface area contributed by atoms with Gasteiger partial charge in [0, 0.05) is 18.5 Å². The van der Waals surface area contributed by atoms with Crippen molar-refractivity contribution in [2.75, 3.05) is 73.6 Å². The number of carbonyl (C=O) groups excluding carboxylic acids is 1. The summed E-state index contributed by atoms with van der Waals surface area (Å²) < 4.78 is 16.2. The van der Waals surface area contributed by atoms with Crippen molar-refractivity contribution in [2.24, 2.45) is 0 Å². The highest BCUT2D eigenvalue weighted by atomic mass is 32.2. The van der Waals surface area contributed by atoms with Crippen molar-refractivity contribution >= 4 is 23.4 Å². The summed E-state index contributed by atoms with van der Waals surface area (Å²) in [6, 6.07) is 22.5. The molecule has 0 fully saturated rings. The van der Waals surface area contributed by atoms with Crippen LogP contribution in [0.3, 0.4) is 0 Å². The van der Waals surface area contributed by atoms with Gasteiger partial charge in [-0.1, -0.05) is 30.3 Å². The maximum atomic E-state index is 13.9. The smallest absolute Gasteiger partial charge is 0.247 e. The number of thioether (sulfide) groups is 1. The van der Waals surface area contributed by atoms with Crippen molar-refractivity contribution in [3.63, 3.8) is 0 Å². The number of methoxy groups -OCH3 is 2. The molecule has 0 bridgehead atoms. The van der Waals surface area contributed by atoms with E-state index in [2.05, 4.69) is 61.3 Å². The normalized spacial score (nSPS) is 16.5. The molecule has 1 atom stereocenters. The van der Waals surface area contributed by atoms with Gasteiger partial charge in [0.05, 0.1) is 26.5 Å². The van der Waals surface area contributed by atoms with Gasteiger partial charge in [-0.05, 0) is 114 Å². The Bertz CT molecular complexity index is 1330. The number of nitrogens with zero attached hydrogens (tertiary/aromatic N) is 3. The number of carbonyl (C=O) groups is 1. The Morgan fingerprint density at radius 3 is 2.30 bits per heavy atom. The molecule has 0 saturated heterocycles. The van der Waals surface area contributed by atoms with Gasteiger partial charge in [0.15, 0.2) is 11.5 Å². The van der Waals surface area contributed by atoms with Gasteiger partial charge < -0.3 is 28.9 Å². The summed E-state index contributed by atoms with van der Waals surface area (Å²) in [5.74, 6) is 2.51. The Balaban J connectivity index is 1.28. The zero-order chi connectivity index (χ0) is 30.8. The maximum absolute atomic E-state index is 13.9. The topological polar surface area (TPSA) is 54.5 Å². The van der Waals surface area contributed by atoms with Gasteiger partial charge in [0.2, 0.25) is 5.91 Å². The molecule has 0 aromatic heterocycles. The first-order valence-corrected chi connectivity index (χ1v) is 15.9. The number of unbranched alkanes of at least 4 members (excludes halogenated alkanes) is 1. The zero-order valence-corrected chi connectivity index (χ0v) is 27.4. The van der Waals surface area contributed by atoms with E-state index in [9.17, 15) is 4.79 Å². The molecule has 0 N–H and O–H groups in total. The average molecular weight is 606 g/mol. The number of anilines is 1. The van der Waals surface area contributed by atoms with Crippen molar-refractivity contribution < 1.29 is 19.0 Å². The van der Waals surface area contributed by atoms with Gasteiger partial charge in [-0.15, -0.1) is 11.8 Å². The minimum absolute atomic E-state index is 0.138. The Morgan fingerprint density at radius 1 is 0.837 bits per heavy atom. The number of ether oxygens (including phenoxy) is 3. The first-order chi connectivity index (χ1) is 20.8. The second kappa shape index (κ2) is 15.5. The number of likely N-dealkylation sites (N-methyl/N-ethyl adjacent to an activating group) is 2. The highest BCUT2D eigenvalue weighted by molar-refractivity contribution is 8.01. The van der Waals surface area contributed by atoms with Crippen LogP contribution in [0.2, 0.25) is 0 Å². The van der Waals surface area contributed by atoms with Crippen molar-refractivity contribution in [3.8, 4) is 17.2 Å². The van der Waals surface area contributed by atoms with Gasteiger partial charge in [0.1, 0.15) is 10.5 Å². The quantitative estimate of drug-likeness (QED) is 0.177. The van der Waals surface area contributed by atoms with E-state index in [-0.39, 0.29) is 5.91 Å². The number of rotatable bonds is 16. The summed E-state index contributed by atoms with van der Waals surface area (Å²) >= 11 is 1.69. The lowest BCUT2D eigenvalue weighted by atomic mass is 9.90. The minimum atomic E-state index is -0.654. The second-order valence-electron chi connectivity index (χ2n) is 11.5. The van der Waals surface area contributed by atoms with E-state index in [4.69, 9.17) is 14.2 Å². The molecular formula is C35H47N3O4S. The molecule has 0 saturated carbocycles. The Morgan fingerprint density at radius 2 is 1.58 bits per heavy atom. The van der Waals surface area contributed by atoms with Gasteiger partial charge in [-0.2, -0.15) is 0 Å². The van der Waals surface area contributed by atoms with Gasteiger partial charge in [-0.25, -0.2) is 0 Å². The fraction of sp³-hybridized carbons (Fsp3) is 0.457. The van der Waals surface area contributed by atoms with Crippen LogP contribution in [0.15, 0.2) is 71.6 Å². The van der Waals surface area contributed by atoms with Crippen LogP contribution >= 0.6 is 11.8 Å². The van der Waals surface area contributed by atoms with Gasteiger partial charge in [0.25, 0.3) is 0 Å². The lowest BCUT2D eigenvalue weighted by Crippen LogP contribution is -2.46. The number of para-hydroxylation sites is 1. The number of amides is 1. The van der Waals surface area contributed by atoms with E-state index in [0.717, 1.165) is 85.1 Å². The summed E-state index contributed by atoms with van der Waals surface area (Å²) in [5, 5.41) is 0. The molecule has 8 heteroatoms. The summed E-state index contributed by atoms with van der Waals surface area (Å²) in [6.07, 6.45) is 4.70. The second-order valence-corrected chi connectivity index (χ2v) is 12.8. The lowest BCUT2D eigenvalue weighted by molar-refractivity contribution is -0.121. The fourth-order valence-electron chi connectivity index (χ4n) is 5.52. The molecular weight excluding hydrogens is 558 g/mol. The molecule has 1 amide bonds. The van der Waals surface area contributed by atoms with Crippen LogP contribution < -0.4 is 19.1 Å². The van der Waals surface area contributed by atoms with Crippen molar-refractivity contribution in [1.29, 1.82) is 0 Å². The third-order valence-corrected chi connectivity index (χ3v) is 9.58. The van der Waals surface area contributed by atoms with Crippen LogP contribution in [0.25, 0.3) is 0 Å². The Kier molecular flexibility index (Phi) is 11.8. The minimum Gasteiger partial charge on any atom is -0.494 e. The largest absolute Gasteiger partial charge is 0.494 e. The molecule has 3 aromatic carbocycles. The van der Waals surface area contributed by atoms with Gasteiger partial charge in [-0.3, -0.25) is 4.79 Å². The zero-order valence-electron chi connectivity index (χ0n) is 26.6. The molecule has 232 valence electrons. The standard InChI is InChI=1S/C35H47N3O4S/c1-36(2)22-11-21-35(34(39)38(4)30-12-7-8-13-33(30)43-35)28-15-17-29(18-16-28)42-25-10-9-23-37(3)24-20-27-14-19-31(40-5)32(26-27)41-6/h7-8,12-19,26H,9-11,20-25H2,1-6H3. The highest BCUT2D eigenvalue weighted by Crippen LogP contribution is 2.53. The Labute approximate surface area is 262 Å². The summed E-state index contributed by atoms with van der Waals surface area (Å²) in [5.41, 5.74) is 3.25. The maximum Gasteiger partial charge on any atom is 0.247 e. The van der Waals surface area contributed by atoms with E-state index in [1.54, 1.807) is 26.0 Å². The van der Waals surface area contributed by atoms with Gasteiger partial charge >= 0.3 is 0 Å². The predicted octanol–water partition coefficient (Wildman–Crippen LogP) is 6.34. The summed E-state index contributed by atoms with van der Waals surface area (Å²) in [6.45, 7) is 3.60. The molecule has 1 unspecified atom stereocenters. The van der Waals surface area contributed by atoms with E-state index < -0.39 is 4.75 Å². The monoisotopic (exact) mass is 605 g/mol. The van der Waals surface area contributed by atoms with E-state index >= 15 is 0 Å². The van der Waals surface area contributed by atoms with Crippen LogP contribution in [-0.4, -0.2) is 84.4 Å². The van der Waals surface area contributed by atoms with Crippen LogP contribution in [0.5, 0.6) is 17.2 Å². The summed E-state index contributed by atoms with van der Waals surface area (Å²) in [7, 11) is 11.5. The highest BCUT2D eigenvalue weighted by Gasteiger charge is 2.47. The van der Waals surface area contributed by atoms with Crippen molar-refractivity contribution in [3.05, 3.63) is 77.9 Å². The number of hydrogen-bond donors (Lipinski definition) is 0. The van der Waals surface area contributed by atoms with Crippen LogP contribution in [0.4, 0.5) is 5.69 Å². The summed E-state index contributed by atoms with van der Waals surface area (Å²) in [4.78, 5) is 21.4. The molecule has 3 aromatic rings. The van der Waals surface area contributed by atoms with E-state index in [1.165, 1.54) is 5.56 Å². The predicted molar refractivity (Wildman–Crippen MR) is 177 cm³/mol. The third-order valence-electron chi connectivity index (χ3n) is 8.05. The number of hydrogen-bond acceptors (Lipinski definition) is 7. The number of benzene rings is 3. The van der Waals surface area contributed by atoms with Crippen molar-refractivity contribution in [1.82, 2.24) is 9.80 Å². The average Bonchev–Trinajstić information content (AvgIpc) is 3.02. The van der Waals surface area contributed by atoms with Crippen LogP contribution in [-0.2, 0) is 16.0 Å². The Hall–Kier alpha value is -3.20. The van der Waals surface area contributed by atoms with Crippen molar-refractivity contribution in [2.45, 2.75) is 41.7 Å². The van der Waals surface area contributed by atoms with Crippen LogP contribution in [0, 0.1) is 0 Å². The molecule has 0 aliphatic carbocycles. The fourth-order valence-corrected chi connectivity index (χ4v) is 7.08. The third kappa shape index (κ3) is 8.25.